The number of aliphatic hydroxyl groups excluding tert-OH is 1. The zero-order valence-corrected chi connectivity index (χ0v) is 11.8. The average Bonchev–Trinajstić information content (AvgIpc) is 2.45. The topological polar surface area (TPSA) is 37.3 Å². The highest BCUT2D eigenvalue weighted by Crippen LogP contribution is 2.45. The number of carbonyl (C=O) groups excluding carboxylic acids is 1. The van der Waals surface area contributed by atoms with Crippen molar-refractivity contribution in [3.8, 4) is 0 Å². The SMILES string of the molecule is CCC(C(C)=O)C(O)CC1CC=C(C)C1(C)C. The maximum absolute atomic E-state index is 11.4. The molecule has 0 aliphatic heterocycles. The Hall–Kier alpha value is -0.630. The quantitative estimate of drug-likeness (QED) is 0.746. The van der Waals surface area contributed by atoms with Crippen molar-refractivity contribution < 1.29 is 9.90 Å². The summed E-state index contributed by atoms with van der Waals surface area (Å²) < 4.78 is 0. The van der Waals surface area contributed by atoms with Gasteiger partial charge in [0.1, 0.15) is 5.78 Å². The molecule has 3 atom stereocenters. The van der Waals surface area contributed by atoms with Gasteiger partial charge in [0.15, 0.2) is 0 Å². The first-order valence-electron chi connectivity index (χ1n) is 6.66. The molecule has 17 heavy (non-hydrogen) atoms. The lowest BCUT2D eigenvalue weighted by Crippen LogP contribution is -2.32. The zero-order valence-electron chi connectivity index (χ0n) is 11.8. The van der Waals surface area contributed by atoms with Crippen LogP contribution in [-0.4, -0.2) is 17.0 Å². The summed E-state index contributed by atoms with van der Waals surface area (Å²) in [4.78, 5) is 11.4. The van der Waals surface area contributed by atoms with Gasteiger partial charge in [0.05, 0.1) is 6.10 Å². The summed E-state index contributed by atoms with van der Waals surface area (Å²) in [5.41, 5.74) is 1.57. The van der Waals surface area contributed by atoms with Crippen LogP contribution in [0.3, 0.4) is 0 Å². The Balaban J connectivity index is 2.64. The van der Waals surface area contributed by atoms with E-state index in [2.05, 4.69) is 26.8 Å². The summed E-state index contributed by atoms with van der Waals surface area (Å²) in [6, 6.07) is 0. The van der Waals surface area contributed by atoms with Crippen LogP contribution < -0.4 is 0 Å². The fraction of sp³-hybridized carbons (Fsp3) is 0.800. The summed E-state index contributed by atoms with van der Waals surface area (Å²) in [7, 11) is 0. The molecule has 2 nitrogen and oxygen atoms in total. The first-order chi connectivity index (χ1) is 7.80. The van der Waals surface area contributed by atoms with Gasteiger partial charge in [-0.2, -0.15) is 0 Å². The lowest BCUT2D eigenvalue weighted by Gasteiger charge is -2.32. The fourth-order valence-corrected chi connectivity index (χ4v) is 2.88. The molecule has 3 unspecified atom stereocenters. The molecule has 0 saturated heterocycles. The second-order valence-electron chi connectivity index (χ2n) is 5.97. The minimum absolute atomic E-state index is 0.112. The third-order valence-corrected chi connectivity index (χ3v) is 4.70. The predicted molar refractivity (Wildman–Crippen MR) is 70.7 cm³/mol. The van der Waals surface area contributed by atoms with E-state index in [0.717, 1.165) is 19.3 Å². The van der Waals surface area contributed by atoms with E-state index in [4.69, 9.17) is 0 Å². The minimum atomic E-state index is -0.485. The molecule has 0 heterocycles. The largest absolute Gasteiger partial charge is 0.392 e. The van der Waals surface area contributed by atoms with Gasteiger partial charge in [-0.15, -0.1) is 0 Å². The van der Waals surface area contributed by atoms with Gasteiger partial charge < -0.3 is 5.11 Å². The van der Waals surface area contributed by atoms with Crippen molar-refractivity contribution in [2.75, 3.05) is 0 Å². The Labute approximate surface area is 105 Å². The molecule has 0 saturated carbocycles. The second kappa shape index (κ2) is 5.34. The number of carbonyl (C=O) groups is 1. The molecule has 1 N–H and O–H groups in total. The minimum Gasteiger partial charge on any atom is -0.392 e. The number of hydrogen-bond acceptors (Lipinski definition) is 2. The van der Waals surface area contributed by atoms with Crippen LogP contribution in [0.25, 0.3) is 0 Å². The number of ketones is 1. The van der Waals surface area contributed by atoms with Crippen molar-refractivity contribution in [2.24, 2.45) is 17.3 Å². The van der Waals surface area contributed by atoms with Crippen LogP contribution in [0.4, 0.5) is 0 Å². The average molecular weight is 238 g/mol. The predicted octanol–water partition coefficient (Wildman–Crippen LogP) is 3.35. The summed E-state index contributed by atoms with van der Waals surface area (Å²) in [5, 5.41) is 10.2. The summed E-state index contributed by atoms with van der Waals surface area (Å²) in [6.07, 6.45) is 4.28. The Kier molecular flexibility index (Phi) is 4.54. The van der Waals surface area contributed by atoms with E-state index in [9.17, 15) is 9.90 Å². The molecule has 0 aromatic heterocycles. The first kappa shape index (κ1) is 14.4. The van der Waals surface area contributed by atoms with Crippen molar-refractivity contribution in [3.63, 3.8) is 0 Å². The summed E-state index contributed by atoms with van der Waals surface area (Å²) in [6.45, 7) is 10.2. The van der Waals surface area contributed by atoms with Crippen LogP contribution in [-0.2, 0) is 4.79 Å². The van der Waals surface area contributed by atoms with Crippen molar-refractivity contribution >= 4 is 5.78 Å². The van der Waals surface area contributed by atoms with Crippen LogP contribution in [0.5, 0.6) is 0 Å². The van der Waals surface area contributed by atoms with E-state index in [1.165, 1.54) is 5.57 Å². The number of Topliss-reactive ketones (excluding diaryl/α,β-unsaturated/α-hetero) is 1. The van der Waals surface area contributed by atoms with E-state index < -0.39 is 6.10 Å². The van der Waals surface area contributed by atoms with E-state index in [0.29, 0.717) is 5.92 Å². The molecule has 0 spiro atoms. The van der Waals surface area contributed by atoms with Gasteiger partial charge >= 0.3 is 0 Å². The molecule has 1 aliphatic rings. The van der Waals surface area contributed by atoms with Crippen LogP contribution in [0, 0.1) is 17.3 Å². The lowest BCUT2D eigenvalue weighted by molar-refractivity contribution is -0.124. The lowest BCUT2D eigenvalue weighted by atomic mass is 9.73. The molecule has 0 radical (unpaired) electrons. The van der Waals surface area contributed by atoms with Gasteiger partial charge in [-0.3, -0.25) is 4.79 Å². The highest BCUT2D eigenvalue weighted by atomic mass is 16.3. The van der Waals surface area contributed by atoms with Gasteiger partial charge in [0.25, 0.3) is 0 Å². The maximum Gasteiger partial charge on any atom is 0.135 e. The number of hydrogen-bond donors (Lipinski definition) is 1. The smallest absolute Gasteiger partial charge is 0.135 e. The van der Waals surface area contributed by atoms with Crippen LogP contribution >= 0.6 is 0 Å². The van der Waals surface area contributed by atoms with E-state index in [-0.39, 0.29) is 17.1 Å². The Morgan fingerprint density at radius 1 is 1.59 bits per heavy atom. The molecule has 1 aliphatic carbocycles. The normalized spacial score (nSPS) is 26.5. The molecule has 0 amide bonds. The first-order valence-corrected chi connectivity index (χ1v) is 6.66. The molecular weight excluding hydrogens is 212 g/mol. The van der Waals surface area contributed by atoms with E-state index >= 15 is 0 Å². The van der Waals surface area contributed by atoms with Gasteiger partial charge in [-0.25, -0.2) is 0 Å². The maximum atomic E-state index is 11.4. The van der Waals surface area contributed by atoms with Gasteiger partial charge in [-0.05, 0) is 44.4 Å². The third-order valence-electron chi connectivity index (χ3n) is 4.70. The number of allylic oxidation sites excluding steroid dienone is 2. The highest BCUT2D eigenvalue weighted by molar-refractivity contribution is 5.78. The summed E-state index contributed by atoms with van der Waals surface area (Å²) >= 11 is 0. The van der Waals surface area contributed by atoms with E-state index in [1.54, 1.807) is 6.92 Å². The van der Waals surface area contributed by atoms with Crippen molar-refractivity contribution in [1.29, 1.82) is 0 Å². The molecule has 98 valence electrons. The summed E-state index contributed by atoms with van der Waals surface area (Å²) in [5.74, 6) is 0.387. The molecule has 0 aromatic carbocycles. The Bertz CT molecular complexity index is 315. The van der Waals surface area contributed by atoms with Crippen LogP contribution in [0.15, 0.2) is 11.6 Å². The van der Waals surface area contributed by atoms with Gasteiger partial charge in [-0.1, -0.05) is 32.4 Å². The van der Waals surface area contributed by atoms with Gasteiger partial charge in [0, 0.05) is 5.92 Å². The number of aliphatic hydroxyl groups is 1. The molecule has 0 fully saturated rings. The zero-order chi connectivity index (χ0) is 13.2. The van der Waals surface area contributed by atoms with Crippen molar-refractivity contribution in [3.05, 3.63) is 11.6 Å². The van der Waals surface area contributed by atoms with Crippen LogP contribution in [0.1, 0.15) is 53.9 Å². The molecule has 0 bridgehead atoms. The molecule has 2 heteroatoms. The van der Waals surface area contributed by atoms with Crippen LogP contribution in [0.2, 0.25) is 0 Å². The second-order valence-corrected chi connectivity index (χ2v) is 5.97. The molecule has 1 rings (SSSR count). The van der Waals surface area contributed by atoms with E-state index in [1.807, 2.05) is 6.92 Å². The van der Waals surface area contributed by atoms with Crippen molar-refractivity contribution in [2.45, 2.75) is 60.0 Å². The van der Waals surface area contributed by atoms with Gasteiger partial charge in [0.2, 0.25) is 0 Å². The standard InChI is InChI=1S/C15H26O2/c1-6-13(11(3)16)14(17)9-12-8-7-10(2)15(12,4)5/h7,12-14,17H,6,8-9H2,1-5H3. The Morgan fingerprint density at radius 2 is 2.18 bits per heavy atom. The Morgan fingerprint density at radius 3 is 2.53 bits per heavy atom. The molecule has 0 aromatic rings. The third kappa shape index (κ3) is 2.98. The monoisotopic (exact) mass is 238 g/mol. The molecular formula is C15H26O2. The number of rotatable bonds is 5. The fourth-order valence-electron chi connectivity index (χ4n) is 2.88. The highest BCUT2D eigenvalue weighted by Gasteiger charge is 2.37. The van der Waals surface area contributed by atoms with Crippen molar-refractivity contribution in [1.82, 2.24) is 0 Å².